The van der Waals surface area contributed by atoms with Crippen LogP contribution in [0.1, 0.15) is 11.1 Å². The van der Waals surface area contributed by atoms with E-state index in [4.69, 9.17) is 10.5 Å². The van der Waals surface area contributed by atoms with Crippen LogP contribution in [-0.4, -0.2) is 11.2 Å². The maximum atomic E-state index is 9.55. The highest BCUT2D eigenvalue weighted by Gasteiger charge is 2.28. The fourth-order valence-corrected chi connectivity index (χ4v) is 2.95. The summed E-state index contributed by atoms with van der Waals surface area (Å²) in [5.41, 5.74) is 10.2. The minimum absolute atomic E-state index is 0.448. The van der Waals surface area contributed by atoms with Gasteiger partial charge in [0.15, 0.2) is 6.23 Å². The molecule has 0 bridgehead atoms. The molecule has 1 atom stereocenters. The van der Waals surface area contributed by atoms with Crippen LogP contribution in [0.2, 0.25) is 0 Å². The number of aromatic nitrogens is 1. The summed E-state index contributed by atoms with van der Waals surface area (Å²) in [5.74, 6) is 0.703. The number of hydrogen-bond acceptors (Lipinski definition) is 3. The second-order valence-corrected chi connectivity index (χ2v) is 5.18. The Morgan fingerprint density at radius 3 is 2.68 bits per heavy atom. The number of nitrogens with zero attached hydrogens (tertiary/aromatic N) is 1. The molecule has 106 valence electrons. The standard InChI is InChI=1S/C18H13N3O/c19-9-13-17(12-6-2-4-8-16(12)22-18(13)20)14-10-21-15-7-3-1-5-11(14)15/h1-8,10,18,21H,20H2/t18-/m0/s1. The van der Waals surface area contributed by atoms with Gasteiger partial charge in [0, 0.05) is 33.8 Å². The van der Waals surface area contributed by atoms with Crippen molar-refractivity contribution in [3.8, 4) is 11.8 Å². The molecule has 0 amide bonds. The molecule has 0 saturated carbocycles. The third-order valence-corrected chi connectivity index (χ3v) is 3.94. The van der Waals surface area contributed by atoms with E-state index in [2.05, 4.69) is 11.1 Å². The average Bonchev–Trinajstić information content (AvgIpc) is 2.97. The molecule has 3 N–H and O–H groups in total. The third kappa shape index (κ3) is 1.73. The Labute approximate surface area is 127 Å². The van der Waals surface area contributed by atoms with Gasteiger partial charge in [-0.25, -0.2) is 0 Å². The quantitative estimate of drug-likeness (QED) is 0.722. The Kier molecular flexibility index (Phi) is 2.75. The number of benzene rings is 2. The van der Waals surface area contributed by atoms with Crippen molar-refractivity contribution < 1.29 is 4.74 Å². The van der Waals surface area contributed by atoms with Crippen molar-refractivity contribution in [1.82, 2.24) is 4.98 Å². The van der Waals surface area contributed by atoms with Crippen LogP contribution in [-0.2, 0) is 0 Å². The molecule has 0 fully saturated rings. The maximum Gasteiger partial charge on any atom is 0.184 e. The lowest BCUT2D eigenvalue weighted by Gasteiger charge is -2.25. The van der Waals surface area contributed by atoms with E-state index < -0.39 is 6.23 Å². The monoisotopic (exact) mass is 287 g/mol. The van der Waals surface area contributed by atoms with Gasteiger partial charge in [0.1, 0.15) is 11.8 Å². The molecule has 0 radical (unpaired) electrons. The normalized spacial score (nSPS) is 17.0. The minimum atomic E-state index is -0.747. The first-order valence-electron chi connectivity index (χ1n) is 7.02. The van der Waals surface area contributed by atoms with Gasteiger partial charge >= 0.3 is 0 Å². The number of nitrogens with one attached hydrogen (secondary N) is 1. The van der Waals surface area contributed by atoms with Crippen LogP contribution in [0.3, 0.4) is 0 Å². The van der Waals surface area contributed by atoms with Crippen LogP contribution in [0.15, 0.2) is 60.3 Å². The van der Waals surface area contributed by atoms with Gasteiger partial charge in [0.2, 0.25) is 0 Å². The molecule has 1 aliphatic heterocycles. The molecule has 1 aliphatic rings. The van der Waals surface area contributed by atoms with Crippen molar-refractivity contribution in [1.29, 1.82) is 5.26 Å². The molecule has 3 aromatic rings. The van der Waals surface area contributed by atoms with Gasteiger partial charge in [0.05, 0.1) is 5.57 Å². The van der Waals surface area contributed by atoms with E-state index in [9.17, 15) is 5.26 Å². The molecule has 1 aromatic heterocycles. The van der Waals surface area contributed by atoms with Crippen LogP contribution in [0.4, 0.5) is 0 Å². The number of aromatic amines is 1. The van der Waals surface area contributed by atoms with E-state index in [-0.39, 0.29) is 0 Å². The number of ether oxygens (including phenoxy) is 1. The van der Waals surface area contributed by atoms with Gasteiger partial charge in [-0.3, -0.25) is 5.73 Å². The maximum absolute atomic E-state index is 9.55. The van der Waals surface area contributed by atoms with Crippen molar-refractivity contribution in [3.63, 3.8) is 0 Å². The third-order valence-electron chi connectivity index (χ3n) is 3.94. The van der Waals surface area contributed by atoms with Gasteiger partial charge in [0.25, 0.3) is 0 Å². The van der Waals surface area contributed by atoms with Crippen LogP contribution in [0, 0.1) is 11.3 Å². The summed E-state index contributed by atoms with van der Waals surface area (Å²) in [6.07, 6.45) is 1.18. The van der Waals surface area contributed by atoms with E-state index in [0.29, 0.717) is 11.3 Å². The lowest BCUT2D eigenvalue weighted by atomic mass is 9.90. The second kappa shape index (κ2) is 4.76. The first kappa shape index (κ1) is 12.7. The van der Waals surface area contributed by atoms with Gasteiger partial charge in [-0.2, -0.15) is 5.26 Å². The number of rotatable bonds is 1. The first-order valence-corrected chi connectivity index (χ1v) is 7.02. The van der Waals surface area contributed by atoms with Crippen LogP contribution < -0.4 is 10.5 Å². The van der Waals surface area contributed by atoms with Crippen LogP contribution in [0.5, 0.6) is 5.75 Å². The summed E-state index contributed by atoms with van der Waals surface area (Å²) in [6, 6.07) is 17.9. The molecule has 0 spiro atoms. The van der Waals surface area contributed by atoms with Crippen molar-refractivity contribution in [2.24, 2.45) is 5.73 Å². The number of nitrogens with two attached hydrogens (primary N) is 1. The van der Waals surface area contributed by atoms with Gasteiger partial charge in [-0.1, -0.05) is 36.4 Å². The zero-order valence-corrected chi connectivity index (χ0v) is 11.7. The number of para-hydroxylation sites is 2. The number of fused-ring (bicyclic) bond motifs is 2. The van der Waals surface area contributed by atoms with Gasteiger partial charge in [-0.05, 0) is 12.1 Å². The molecule has 4 heteroatoms. The zero-order chi connectivity index (χ0) is 15.1. The van der Waals surface area contributed by atoms with Crippen molar-refractivity contribution >= 4 is 16.5 Å². The number of nitriles is 1. The van der Waals surface area contributed by atoms with E-state index in [1.165, 1.54) is 0 Å². The Balaban J connectivity index is 2.07. The number of hydrogen-bond donors (Lipinski definition) is 2. The summed E-state index contributed by atoms with van der Waals surface area (Å²) in [7, 11) is 0. The van der Waals surface area contributed by atoms with Gasteiger partial charge in [-0.15, -0.1) is 0 Å². The average molecular weight is 287 g/mol. The Bertz CT molecular complexity index is 946. The summed E-state index contributed by atoms with van der Waals surface area (Å²) >= 11 is 0. The first-order chi connectivity index (χ1) is 10.8. The van der Waals surface area contributed by atoms with Crippen molar-refractivity contribution in [2.45, 2.75) is 6.23 Å². The summed E-state index contributed by atoms with van der Waals surface area (Å²) in [4.78, 5) is 3.25. The van der Waals surface area contributed by atoms with Crippen molar-refractivity contribution in [2.75, 3.05) is 0 Å². The molecular weight excluding hydrogens is 274 g/mol. The predicted molar refractivity (Wildman–Crippen MR) is 85.0 cm³/mol. The fraction of sp³-hybridized carbons (Fsp3) is 0.0556. The molecule has 4 rings (SSSR count). The summed E-state index contributed by atoms with van der Waals surface area (Å²) in [6.45, 7) is 0. The number of H-pyrrole nitrogens is 1. The molecule has 0 aliphatic carbocycles. The molecule has 4 nitrogen and oxygen atoms in total. The Hall–Kier alpha value is -3.03. The molecule has 2 heterocycles. The highest BCUT2D eigenvalue weighted by atomic mass is 16.5. The van der Waals surface area contributed by atoms with E-state index in [1.54, 1.807) is 0 Å². The van der Waals surface area contributed by atoms with Crippen LogP contribution in [0.25, 0.3) is 16.5 Å². The summed E-state index contributed by atoms with van der Waals surface area (Å²) < 4.78 is 5.66. The molecule has 0 saturated heterocycles. The lowest BCUT2D eigenvalue weighted by Crippen LogP contribution is -2.32. The molecule has 22 heavy (non-hydrogen) atoms. The van der Waals surface area contributed by atoms with Gasteiger partial charge < -0.3 is 9.72 Å². The lowest BCUT2D eigenvalue weighted by molar-refractivity contribution is 0.245. The second-order valence-electron chi connectivity index (χ2n) is 5.18. The molecule has 0 unspecified atom stereocenters. The highest BCUT2D eigenvalue weighted by Crippen LogP contribution is 2.40. The Morgan fingerprint density at radius 2 is 1.82 bits per heavy atom. The summed E-state index contributed by atoms with van der Waals surface area (Å²) in [5, 5.41) is 10.6. The van der Waals surface area contributed by atoms with E-state index in [0.717, 1.165) is 27.6 Å². The SMILES string of the molecule is N#CC1=C(c2c[nH]c3ccccc23)c2ccccc2O[C@@H]1N. The zero-order valence-electron chi connectivity index (χ0n) is 11.7. The molecular formula is C18H13N3O. The largest absolute Gasteiger partial charge is 0.470 e. The van der Waals surface area contributed by atoms with E-state index >= 15 is 0 Å². The predicted octanol–water partition coefficient (Wildman–Crippen LogP) is 3.17. The highest BCUT2D eigenvalue weighted by molar-refractivity contribution is 6.00. The van der Waals surface area contributed by atoms with E-state index in [1.807, 2.05) is 54.7 Å². The fourth-order valence-electron chi connectivity index (χ4n) is 2.95. The minimum Gasteiger partial charge on any atom is -0.470 e. The smallest absolute Gasteiger partial charge is 0.184 e. The molecule has 2 aromatic carbocycles. The van der Waals surface area contributed by atoms with Crippen LogP contribution >= 0.6 is 0 Å². The Morgan fingerprint density at radius 1 is 1.05 bits per heavy atom. The van der Waals surface area contributed by atoms with Crippen molar-refractivity contribution in [3.05, 3.63) is 71.4 Å². The topological polar surface area (TPSA) is 74.8 Å².